The predicted octanol–water partition coefficient (Wildman–Crippen LogP) is 4.91. The lowest BCUT2D eigenvalue weighted by atomic mass is 10.0. The van der Waals surface area contributed by atoms with E-state index < -0.39 is 34.3 Å². The smallest absolute Gasteiger partial charge is 0.244 e. The molecule has 1 saturated carbocycles. The Balaban J connectivity index is 1.74. The van der Waals surface area contributed by atoms with E-state index in [0.29, 0.717) is 22.4 Å². The molecule has 0 heterocycles. The zero-order valence-corrected chi connectivity index (χ0v) is 24.7. The van der Waals surface area contributed by atoms with Gasteiger partial charge in [-0.3, -0.25) is 13.9 Å². The highest BCUT2D eigenvalue weighted by atomic mass is 32.2. The van der Waals surface area contributed by atoms with Gasteiger partial charge in [-0.2, -0.15) is 0 Å². The summed E-state index contributed by atoms with van der Waals surface area (Å²) >= 11 is 0. The van der Waals surface area contributed by atoms with Crippen LogP contribution in [0, 0.1) is 19.7 Å². The molecule has 0 aliphatic heterocycles. The van der Waals surface area contributed by atoms with E-state index in [2.05, 4.69) is 5.32 Å². The first kappa shape index (κ1) is 30.2. The first-order valence-corrected chi connectivity index (χ1v) is 15.8. The van der Waals surface area contributed by atoms with Crippen LogP contribution in [0.5, 0.6) is 0 Å². The van der Waals surface area contributed by atoms with Gasteiger partial charge in [0.15, 0.2) is 0 Å². The summed E-state index contributed by atoms with van der Waals surface area (Å²) in [5, 5.41) is 3.14. The van der Waals surface area contributed by atoms with Crippen LogP contribution in [0.3, 0.4) is 0 Å². The summed E-state index contributed by atoms with van der Waals surface area (Å²) in [4.78, 5) is 29.5. The molecule has 1 N–H and O–H groups in total. The lowest BCUT2D eigenvalue weighted by molar-refractivity contribution is -0.140. The number of rotatable bonds is 11. The number of anilines is 1. The van der Waals surface area contributed by atoms with Gasteiger partial charge in [-0.1, -0.05) is 73.5 Å². The minimum atomic E-state index is -3.86. The molecular formula is C32H38FN3O4S. The molecule has 4 rings (SSSR count). The van der Waals surface area contributed by atoms with Gasteiger partial charge in [0.2, 0.25) is 21.8 Å². The number of benzene rings is 3. The highest BCUT2D eigenvalue weighted by Gasteiger charge is 2.34. The van der Waals surface area contributed by atoms with Crippen molar-refractivity contribution in [2.45, 2.75) is 64.6 Å². The maximum absolute atomic E-state index is 14.2. The Morgan fingerprint density at radius 2 is 1.51 bits per heavy atom. The Bertz CT molecular complexity index is 1440. The van der Waals surface area contributed by atoms with Crippen molar-refractivity contribution in [3.05, 3.63) is 101 Å². The average Bonchev–Trinajstić information content (AvgIpc) is 3.44. The Morgan fingerprint density at radius 1 is 0.902 bits per heavy atom. The Hall–Kier alpha value is -3.72. The van der Waals surface area contributed by atoms with Crippen LogP contribution in [0.1, 0.15) is 47.9 Å². The predicted molar refractivity (Wildman–Crippen MR) is 159 cm³/mol. The number of halogens is 1. The van der Waals surface area contributed by atoms with Crippen molar-refractivity contribution in [3.63, 3.8) is 0 Å². The minimum absolute atomic E-state index is 0.0130. The third kappa shape index (κ3) is 7.94. The van der Waals surface area contributed by atoms with Gasteiger partial charge in [0.1, 0.15) is 18.4 Å². The molecule has 2 amide bonds. The Kier molecular flexibility index (Phi) is 9.81. The maximum atomic E-state index is 14.2. The van der Waals surface area contributed by atoms with Crippen LogP contribution >= 0.6 is 0 Å². The van der Waals surface area contributed by atoms with Crippen LogP contribution in [0.25, 0.3) is 0 Å². The van der Waals surface area contributed by atoms with E-state index in [9.17, 15) is 22.4 Å². The van der Waals surface area contributed by atoms with Gasteiger partial charge in [-0.05, 0) is 61.1 Å². The lowest BCUT2D eigenvalue weighted by Gasteiger charge is -2.34. The molecule has 3 aromatic rings. The number of hydrogen-bond acceptors (Lipinski definition) is 4. The van der Waals surface area contributed by atoms with E-state index in [1.807, 2.05) is 36.4 Å². The van der Waals surface area contributed by atoms with Crippen LogP contribution in [-0.4, -0.2) is 50.0 Å². The first-order valence-electron chi connectivity index (χ1n) is 13.9. The molecule has 1 atom stereocenters. The van der Waals surface area contributed by atoms with Crippen LogP contribution < -0.4 is 9.62 Å². The standard InChI is InChI=1S/C32H38FN3O4S/c1-23-10-9-11-24(2)31(23)36(41(3,39)40)22-30(37)35(21-26-16-18-27(33)19-17-26)29(20-25-12-5-4-6-13-25)32(38)34-28-14-7-8-15-28/h4-6,9-13,16-19,28-29H,7-8,14-15,20-22H2,1-3H3,(H,34,38). The number of aryl methyl sites for hydroxylation is 2. The quantitative estimate of drug-likeness (QED) is 0.350. The third-order valence-electron chi connectivity index (χ3n) is 7.61. The summed E-state index contributed by atoms with van der Waals surface area (Å²) in [6.07, 6.45) is 5.14. The number of nitrogens with one attached hydrogen (secondary N) is 1. The van der Waals surface area contributed by atoms with Gasteiger partial charge in [-0.25, -0.2) is 12.8 Å². The van der Waals surface area contributed by atoms with Crippen molar-refractivity contribution in [1.29, 1.82) is 0 Å². The first-order chi connectivity index (χ1) is 19.5. The lowest BCUT2D eigenvalue weighted by Crippen LogP contribution is -2.54. The minimum Gasteiger partial charge on any atom is -0.352 e. The monoisotopic (exact) mass is 579 g/mol. The number of sulfonamides is 1. The Morgan fingerprint density at radius 3 is 2.10 bits per heavy atom. The molecule has 41 heavy (non-hydrogen) atoms. The number of amides is 2. The van der Waals surface area contributed by atoms with Crippen molar-refractivity contribution in [3.8, 4) is 0 Å². The van der Waals surface area contributed by atoms with Gasteiger partial charge in [-0.15, -0.1) is 0 Å². The number of carbonyl (C=O) groups excluding carboxylic acids is 2. The van der Waals surface area contributed by atoms with E-state index >= 15 is 0 Å². The van der Waals surface area contributed by atoms with Gasteiger partial charge >= 0.3 is 0 Å². The summed E-state index contributed by atoms with van der Waals surface area (Å²) in [5.74, 6) is -1.22. The van der Waals surface area contributed by atoms with Gasteiger partial charge in [0.25, 0.3) is 0 Å². The molecule has 0 radical (unpaired) electrons. The second kappa shape index (κ2) is 13.3. The van der Waals surface area contributed by atoms with Crippen LogP contribution in [0.2, 0.25) is 0 Å². The van der Waals surface area contributed by atoms with E-state index in [4.69, 9.17) is 0 Å². The summed E-state index contributed by atoms with van der Waals surface area (Å²) < 4.78 is 40.9. The van der Waals surface area contributed by atoms with Crippen molar-refractivity contribution in [2.75, 3.05) is 17.1 Å². The molecule has 0 saturated heterocycles. The number of nitrogens with zero attached hydrogens (tertiary/aromatic N) is 2. The van der Waals surface area contributed by atoms with E-state index in [1.165, 1.54) is 17.0 Å². The molecule has 0 aromatic heterocycles. The second-order valence-electron chi connectivity index (χ2n) is 10.9. The fourth-order valence-electron chi connectivity index (χ4n) is 5.48. The zero-order chi connectivity index (χ0) is 29.6. The third-order valence-corrected chi connectivity index (χ3v) is 8.72. The molecule has 0 bridgehead atoms. The molecule has 1 fully saturated rings. The fourth-order valence-corrected chi connectivity index (χ4v) is 6.45. The fraction of sp³-hybridized carbons (Fsp3) is 0.375. The van der Waals surface area contributed by atoms with Crippen LogP contribution in [0.4, 0.5) is 10.1 Å². The van der Waals surface area contributed by atoms with E-state index in [0.717, 1.165) is 41.8 Å². The summed E-state index contributed by atoms with van der Waals surface area (Å²) in [6.45, 7) is 3.13. The molecule has 1 aliphatic rings. The summed E-state index contributed by atoms with van der Waals surface area (Å²) in [7, 11) is -3.86. The van der Waals surface area contributed by atoms with Crippen LogP contribution in [-0.2, 0) is 32.6 Å². The maximum Gasteiger partial charge on any atom is 0.244 e. The number of para-hydroxylation sites is 1. The summed E-state index contributed by atoms with van der Waals surface area (Å²) in [6, 6.07) is 19.8. The van der Waals surface area contributed by atoms with Gasteiger partial charge in [0.05, 0.1) is 11.9 Å². The molecule has 9 heteroatoms. The van der Waals surface area contributed by atoms with Crippen molar-refractivity contribution >= 4 is 27.5 Å². The molecule has 0 spiro atoms. The molecule has 218 valence electrons. The van der Waals surface area contributed by atoms with Crippen molar-refractivity contribution < 1.29 is 22.4 Å². The van der Waals surface area contributed by atoms with Crippen LogP contribution in [0.15, 0.2) is 72.8 Å². The number of carbonyl (C=O) groups is 2. The molecule has 7 nitrogen and oxygen atoms in total. The normalized spacial score (nSPS) is 14.4. The highest BCUT2D eigenvalue weighted by Crippen LogP contribution is 2.27. The van der Waals surface area contributed by atoms with Crippen molar-refractivity contribution in [1.82, 2.24) is 10.2 Å². The highest BCUT2D eigenvalue weighted by molar-refractivity contribution is 7.92. The molecule has 1 unspecified atom stereocenters. The second-order valence-corrected chi connectivity index (χ2v) is 12.8. The molecular weight excluding hydrogens is 541 g/mol. The van der Waals surface area contributed by atoms with E-state index in [1.54, 1.807) is 38.1 Å². The van der Waals surface area contributed by atoms with E-state index in [-0.39, 0.29) is 24.9 Å². The molecule has 3 aromatic carbocycles. The largest absolute Gasteiger partial charge is 0.352 e. The van der Waals surface area contributed by atoms with Gasteiger partial charge in [0, 0.05) is 19.0 Å². The zero-order valence-electron chi connectivity index (χ0n) is 23.8. The molecule has 1 aliphatic carbocycles. The topological polar surface area (TPSA) is 86.8 Å². The SMILES string of the molecule is Cc1cccc(C)c1N(CC(=O)N(Cc1ccc(F)cc1)C(Cc1ccccc1)C(=O)NC1CCCC1)S(C)(=O)=O. The van der Waals surface area contributed by atoms with Crippen molar-refractivity contribution in [2.24, 2.45) is 0 Å². The van der Waals surface area contributed by atoms with Gasteiger partial charge < -0.3 is 10.2 Å². The number of hydrogen-bond donors (Lipinski definition) is 1. The Labute approximate surface area is 242 Å². The summed E-state index contributed by atoms with van der Waals surface area (Å²) in [5.41, 5.74) is 3.37. The average molecular weight is 580 g/mol.